The van der Waals surface area contributed by atoms with E-state index in [2.05, 4.69) is 16.5 Å². The highest BCUT2D eigenvalue weighted by Crippen LogP contribution is 2.36. The summed E-state index contributed by atoms with van der Waals surface area (Å²) in [6, 6.07) is 25.2. The van der Waals surface area contributed by atoms with Gasteiger partial charge in [-0.3, -0.25) is 4.79 Å². The normalized spacial score (nSPS) is 10.8. The van der Waals surface area contributed by atoms with Crippen molar-refractivity contribution in [3.63, 3.8) is 0 Å². The van der Waals surface area contributed by atoms with Gasteiger partial charge in [0.05, 0.1) is 27.8 Å². The third-order valence-electron chi connectivity index (χ3n) is 5.53. The van der Waals surface area contributed by atoms with Gasteiger partial charge in [0.15, 0.2) is 5.75 Å². The number of rotatable bonds is 8. The summed E-state index contributed by atoms with van der Waals surface area (Å²) < 4.78 is 7.75. The van der Waals surface area contributed by atoms with E-state index in [1.54, 1.807) is 23.7 Å². The standard InChI is InChI=1S/C29H25ClN4O2/c1-3-28(35)32-26-17-22(16-25(30)29(26)36-19-21-10-6-4-7-11-21)14-15-27-24(18-31)20(2)33-34(27)23-12-8-5-9-13-23/h4-17H,3,19H2,1-2H3,(H,32,35)/b15-14+. The highest BCUT2D eigenvalue weighted by atomic mass is 35.5. The minimum atomic E-state index is -0.152. The number of amides is 1. The molecular formula is C29H25ClN4O2. The van der Waals surface area contributed by atoms with E-state index in [1.807, 2.05) is 79.7 Å². The predicted octanol–water partition coefficient (Wildman–Crippen LogP) is 6.80. The second-order valence-electron chi connectivity index (χ2n) is 8.09. The van der Waals surface area contributed by atoms with Gasteiger partial charge in [-0.05, 0) is 48.4 Å². The van der Waals surface area contributed by atoms with E-state index in [-0.39, 0.29) is 5.91 Å². The smallest absolute Gasteiger partial charge is 0.224 e. The Kier molecular flexibility index (Phi) is 7.84. The van der Waals surface area contributed by atoms with E-state index >= 15 is 0 Å². The monoisotopic (exact) mass is 496 g/mol. The Morgan fingerprint density at radius 2 is 1.81 bits per heavy atom. The lowest BCUT2D eigenvalue weighted by molar-refractivity contribution is -0.115. The van der Waals surface area contributed by atoms with E-state index in [4.69, 9.17) is 16.3 Å². The van der Waals surface area contributed by atoms with Crippen LogP contribution in [0.5, 0.6) is 5.75 Å². The number of aromatic nitrogens is 2. The maximum absolute atomic E-state index is 12.2. The average Bonchev–Trinajstić information content (AvgIpc) is 3.22. The quantitative estimate of drug-likeness (QED) is 0.291. The van der Waals surface area contributed by atoms with E-state index in [0.29, 0.717) is 46.4 Å². The van der Waals surface area contributed by atoms with Crippen molar-refractivity contribution in [2.24, 2.45) is 0 Å². The number of anilines is 1. The molecule has 0 bridgehead atoms. The lowest BCUT2D eigenvalue weighted by Crippen LogP contribution is -2.11. The molecule has 1 aromatic heterocycles. The third-order valence-corrected chi connectivity index (χ3v) is 5.81. The number of halogens is 1. The van der Waals surface area contributed by atoms with E-state index < -0.39 is 0 Å². The van der Waals surface area contributed by atoms with Crippen LogP contribution >= 0.6 is 11.6 Å². The Morgan fingerprint density at radius 1 is 1.11 bits per heavy atom. The summed E-state index contributed by atoms with van der Waals surface area (Å²) in [4.78, 5) is 12.2. The number of benzene rings is 3. The molecule has 0 fully saturated rings. The van der Waals surface area contributed by atoms with Crippen molar-refractivity contribution in [1.29, 1.82) is 5.26 Å². The van der Waals surface area contributed by atoms with Crippen molar-refractivity contribution >= 4 is 35.3 Å². The molecule has 3 aromatic carbocycles. The number of carbonyl (C=O) groups excluding carboxylic acids is 1. The van der Waals surface area contributed by atoms with Crippen molar-refractivity contribution < 1.29 is 9.53 Å². The molecule has 0 unspecified atom stereocenters. The summed E-state index contributed by atoms with van der Waals surface area (Å²) >= 11 is 6.62. The van der Waals surface area contributed by atoms with Crippen LogP contribution < -0.4 is 10.1 Å². The Bertz CT molecular complexity index is 1440. The molecule has 0 radical (unpaired) electrons. The van der Waals surface area contributed by atoms with Crippen LogP contribution in [0.2, 0.25) is 5.02 Å². The molecule has 0 aliphatic heterocycles. The molecule has 0 saturated carbocycles. The molecule has 4 aromatic rings. The summed E-state index contributed by atoms with van der Waals surface area (Å²) in [5.41, 5.74) is 4.84. The molecule has 0 aliphatic carbocycles. The van der Waals surface area contributed by atoms with Gasteiger partial charge in [0.25, 0.3) is 0 Å². The van der Waals surface area contributed by atoms with Crippen LogP contribution in [-0.4, -0.2) is 15.7 Å². The average molecular weight is 497 g/mol. The molecular weight excluding hydrogens is 472 g/mol. The minimum Gasteiger partial charge on any atom is -0.485 e. The van der Waals surface area contributed by atoms with E-state index in [9.17, 15) is 10.1 Å². The first kappa shape index (κ1) is 24.8. The Balaban J connectivity index is 1.70. The molecule has 180 valence electrons. The number of hydrogen-bond donors (Lipinski definition) is 1. The van der Waals surface area contributed by atoms with Crippen LogP contribution in [0.3, 0.4) is 0 Å². The Morgan fingerprint density at radius 3 is 2.47 bits per heavy atom. The van der Waals surface area contributed by atoms with Gasteiger partial charge in [-0.25, -0.2) is 4.68 Å². The number of aryl methyl sites for hydroxylation is 1. The van der Waals surface area contributed by atoms with Crippen molar-refractivity contribution in [2.75, 3.05) is 5.32 Å². The fourth-order valence-corrected chi connectivity index (χ4v) is 3.98. The zero-order valence-electron chi connectivity index (χ0n) is 20.0. The molecule has 4 rings (SSSR count). The first-order chi connectivity index (χ1) is 17.5. The summed E-state index contributed by atoms with van der Waals surface area (Å²) in [6.07, 6.45) is 3.98. The van der Waals surface area contributed by atoms with Crippen molar-refractivity contribution in [3.05, 3.63) is 106 Å². The largest absolute Gasteiger partial charge is 0.485 e. The molecule has 36 heavy (non-hydrogen) atoms. The third kappa shape index (κ3) is 5.65. The van der Waals surface area contributed by atoms with Crippen LogP contribution in [0.4, 0.5) is 5.69 Å². The van der Waals surface area contributed by atoms with Crippen LogP contribution in [0.15, 0.2) is 72.8 Å². The van der Waals surface area contributed by atoms with Gasteiger partial charge >= 0.3 is 0 Å². The second-order valence-corrected chi connectivity index (χ2v) is 8.50. The second kappa shape index (κ2) is 11.4. The topological polar surface area (TPSA) is 79.9 Å². The molecule has 0 aliphatic rings. The summed E-state index contributed by atoms with van der Waals surface area (Å²) in [7, 11) is 0. The van der Waals surface area contributed by atoms with Crippen molar-refractivity contribution in [3.8, 4) is 17.5 Å². The Labute approximate surface area is 215 Å². The lowest BCUT2D eigenvalue weighted by atomic mass is 10.1. The molecule has 0 saturated heterocycles. The fourth-order valence-electron chi connectivity index (χ4n) is 3.70. The molecule has 1 amide bonds. The number of nitriles is 1. The number of nitrogens with zero attached hydrogens (tertiary/aromatic N) is 3. The maximum Gasteiger partial charge on any atom is 0.224 e. The number of para-hydroxylation sites is 1. The fraction of sp³-hybridized carbons (Fsp3) is 0.138. The van der Waals surface area contributed by atoms with Crippen LogP contribution in [0, 0.1) is 18.3 Å². The minimum absolute atomic E-state index is 0.152. The highest BCUT2D eigenvalue weighted by molar-refractivity contribution is 6.32. The number of hydrogen-bond acceptors (Lipinski definition) is 4. The van der Waals surface area contributed by atoms with Gasteiger partial charge < -0.3 is 10.1 Å². The van der Waals surface area contributed by atoms with Crippen LogP contribution in [0.1, 0.15) is 41.4 Å². The molecule has 6 nitrogen and oxygen atoms in total. The number of ether oxygens (including phenoxy) is 1. The van der Waals surface area contributed by atoms with E-state index in [0.717, 1.165) is 16.8 Å². The predicted molar refractivity (Wildman–Crippen MR) is 143 cm³/mol. The molecule has 1 heterocycles. The van der Waals surface area contributed by atoms with Gasteiger partial charge in [0.1, 0.15) is 18.2 Å². The first-order valence-electron chi connectivity index (χ1n) is 11.5. The zero-order valence-corrected chi connectivity index (χ0v) is 20.8. The van der Waals surface area contributed by atoms with Gasteiger partial charge in [0.2, 0.25) is 5.91 Å². The molecule has 1 N–H and O–H groups in total. The molecule has 7 heteroatoms. The van der Waals surface area contributed by atoms with Crippen molar-refractivity contribution in [2.45, 2.75) is 26.9 Å². The summed E-state index contributed by atoms with van der Waals surface area (Å²) in [5, 5.41) is 17.6. The number of carbonyl (C=O) groups is 1. The maximum atomic E-state index is 12.2. The van der Waals surface area contributed by atoms with Gasteiger partial charge in [-0.2, -0.15) is 10.4 Å². The lowest BCUT2D eigenvalue weighted by Gasteiger charge is -2.15. The molecule has 0 spiro atoms. The zero-order chi connectivity index (χ0) is 25.5. The number of nitrogens with one attached hydrogen (secondary N) is 1. The van der Waals surface area contributed by atoms with Gasteiger partial charge in [-0.1, -0.05) is 73.1 Å². The van der Waals surface area contributed by atoms with E-state index in [1.165, 1.54) is 0 Å². The van der Waals surface area contributed by atoms with Crippen LogP contribution in [-0.2, 0) is 11.4 Å². The highest BCUT2D eigenvalue weighted by Gasteiger charge is 2.16. The Hall–Kier alpha value is -4.34. The summed E-state index contributed by atoms with van der Waals surface area (Å²) in [6.45, 7) is 3.90. The van der Waals surface area contributed by atoms with Gasteiger partial charge in [-0.15, -0.1) is 0 Å². The van der Waals surface area contributed by atoms with Crippen molar-refractivity contribution in [1.82, 2.24) is 9.78 Å². The van der Waals surface area contributed by atoms with Gasteiger partial charge in [0, 0.05) is 6.42 Å². The SMILES string of the molecule is CCC(=O)Nc1cc(/C=C/c2c(C#N)c(C)nn2-c2ccccc2)cc(Cl)c1OCc1ccccc1. The first-order valence-corrected chi connectivity index (χ1v) is 11.9. The van der Waals surface area contributed by atoms with Crippen LogP contribution in [0.25, 0.3) is 17.8 Å². The molecule has 0 atom stereocenters. The summed E-state index contributed by atoms with van der Waals surface area (Å²) in [5.74, 6) is 0.253.